The molecule has 1 N–H and O–H groups in total. The lowest BCUT2D eigenvalue weighted by atomic mass is 9.93. The summed E-state index contributed by atoms with van der Waals surface area (Å²) in [6.45, 7) is 2.20. The molecule has 1 aliphatic heterocycles. The number of nitrogens with zero attached hydrogens (tertiary/aromatic N) is 2. The molecule has 1 unspecified atom stereocenters. The van der Waals surface area contributed by atoms with E-state index in [0.29, 0.717) is 17.0 Å². The maximum atomic E-state index is 12.8. The Balaban J connectivity index is 1.36. The number of carboxylic acids is 1. The predicted molar refractivity (Wildman–Crippen MR) is 115 cm³/mol. The lowest BCUT2D eigenvalue weighted by Gasteiger charge is -2.20. The van der Waals surface area contributed by atoms with E-state index >= 15 is 0 Å². The van der Waals surface area contributed by atoms with Gasteiger partial charge < -0.3 is 9.84 Å². The molecule has 5 nitrogen and oxygen atoms in total. The second-order valence-corrected chi connectivity index (χ2v) is 9.00. The smallest absolute Gasteiger partial charge is 0.416 e. The third kappa shape index (κ3) is 5.65. The first-order valence-corrected chi connectivity index (χ1v) is 11.2. The first kappa shape index (κ1) is 22.7. The van der Waals surface area contributed by atoms with E-state index < -0.39 is 17.7 Å². The van der Waals surface area contributed by atoms with Gasteiger partial charge in [-0.15, -0.1) is 11.3 Å². The van der Waals surface area contributed by atoms with Gasteiger partial charge in [0.1, 0.15) is 11.6 Å². The van der Waals surface area contributed by atoms with Gasteiger partial charge in [0, 0.05) is 36.3 Å². The Labute approximate surface area is 187 Å². The van der Waals surface area contributed by atoms with E-state index in [0.717, 1.165) is 49.5 Å². The Morgan fingerprint density at radius 3 is 2.59 bits per heavy atom. The standard InChI is InChI=1S/C23H23F3N2O3S/c24-23(25,26)18-4-1-16(2-5-18)22-27-12-20(32-22)13-28-9-7-15-3-6-19(31-14-21(29)30)11-17(15)8-10-28/h1-5,11-12,19H,6-10,13-14H2,(H,29,30). The molecule has 1 saturated heterocycles. The van der Waals surface area contributed by atoms with Crippen molar-refractivity contribution in [2.75, 3.05) is 19.7 Å². The monoisotopic (exact) mass is 464 g/mol. The van der Waals surface area contributed by atoms with Gasteiger partial charge >= 0.3 is 12.1 Å². The van der Waals surface area contributed by atoms with Crippen molar-refractivity contribution in [3.05, 3.63) is 64.2 Å². The van der Waals surface area contributed by atoms with Gasteiger partial charge in [0.2, 0.25) is 0 Å². The molecule has 1 aliphatic carbocycles. The van der Waals surface area contributed by atoms with Crippen molar-refractivity contribution in [2.24, 2.45) is 0 Å². The fourth-order valence-electron chi connectivity index (χ4n) is 3.95. The largest absolute Gasteiger partial charge is 0.480 e. The van der Waals surface area contributed by atoms with Gasteiger partial charge in [-0.1, -0.05) is 24.3 Å². The van der Waals surface area contributed by atoms with Crippen LogP contribution in [-0.2, 0) is 22.3 Å². The number of hydrogen-bond donors (Lipinski definition) is 1. The minimum absolute atomic E-state index is 0.191. The number of halogens is 3. The number of aliphatic carboxylic acids is 1. The molecule has 1 aromatic heterocycles. The highest BCUT2D eigenvalue weighted by Gasteiger charge is 2.30. The minimum atomic E-state index is -4.34. The summed E-state index contributed by atoms with van der Waals surface area (Å²) in [6.07, 6.45) is 3.94. The molecule has 1 fully saturated rings. The lowest BCUT2D eigenvalue weighted by molar-refractivity contribution is -0.143. The molecule has 0 spiro atoms. The maximum Gasteiger partial charge on any atom is 0.416 e. The molecule has 2 heterocycles. The number of thiazole rings is 1. The Hall–Kier alpha value is -2.49. The van der Waals surface area contributed by atoms with Crippen LogP contribution in [-0.4, -0.2) is 46.8 Å². The molecule has 0 saturated carbocycles. The molecular weight excluding hydrogens is 441 g/mol. The molecule has 9 heteroatoms. The Bertz CT molecular complexity index is 1030. The number of fused-ring (bicyclic) bond motifs is 1. The third-order valence-electron chi connectivity index (χ3n) is 5.60. The fourth-order valence-corrected chi connectivity index (χ4v) is 4.91. The molecule has 170 valence electrons. The van der Waals surface area contributed by atoms with Crippen LogP contribution in [0.15, 0.2) is 53.8 Å². The van der Waals surface area contributed by atoms with Crippen LogP contribution in [0.4, 0.5) is 13.2 Å². The molecule has 0 amide bonds. The van der Waals surface area contributed by atoms with Crippen molar-refractivity contribution in [1.82, 2.24) is 9.88 Å². The normalized spacial score (nSPS) is 19.7. The Morgan fingerprint density at radius 2 is 1.91 bits per heavy atom. The van der Waals surface area contributed by atoms with Crippen LogP contribution in [0.5, 0.6) is 0 Å². The highest BCUT2D eigenvalue weighted by Crippen LogP contribution is 2.33. The van der Waals surface area contributed by atoms with E-state index in [4.69, 9.17) is 9.84 Å². The number of benzene rings is 1. The molecule has 1 aromatic carbocycles. The zero-order chi connectivity index (χ0) is 22.7. The quantitative estimate of drug-likeness (QED) is 0.641. The van der Waals surface area contributed by atoms with E-state index in [9.17, 15) is 18.0 Å². The average molecular weight is 465 g/mol. The van der Waals surface area contributed by atoms with Crippen LogP contribution in [0.2, 0.25) is 0 Å². The second kappa shape index (κ2) is 9.56. The van der Waals surface area contributed by atoms with E-state index in [1.807, 2.05) is 0 Å². The molecule has 4 rings (SSSR count). The van der Waals surface area contributed by atoms with Crippen LogP contribution >= 0.6 is 11.3 Å². The predicted octanol–water partition coefficient (Wildman–Crippen LogP) is 5.15. The van der Waals surface area contributed by atoms with Gasteiger partial charge in [-0.3, -0.25) is 4.90 Å². The summed E-state index contributed by atoms with van der Waals surface area (Å²) in [7, 11) is 0. The molecule has 2 aromatic rings. The van der Waals surface area contributed by atoms with E-state index in [1.54, 1.807) is 6.20 Å². The van der Waals surface area contributed by atoms with Gasteiger partial charge in [-0.05, 0) is 42.5 Å². The van der Waals surface area contributed by atoms with Crippen LogP contribution < -0.4 is 0 Å². The number of likely N-dealkylation sites (tertiary alicyclic amines) is 1. The number of carbonyl (C=O) groups is 1. The lowest BCUT2D eigenvalue weighted by Crippen LogP contribution is -2.23. The van der Waals surface area contributed by atoms with Gasteiger partial charge in [-0.25, -0.2) is 9.78 Å². The number of hydrogen-bond acceptors (Lipinski definition) is 5. The van der Waals surface area contributed by atoms with Gasteiger partial charge in [-0.2, -0.15) is 13.2 Å². The summed E-state index contributed by atoms with van der Waals surface area (Å²) >= 11 is 1.50. The average Bonchev–Trinajstić information content (AvgIpc) is 3.13. The summed E-state index contributed by atoms with van der Waals surface area (Å²) in [5.74, 6) is -0.967. The summed E-state index contributed by atoms with van der Waals surface area (Å²) < 4.78 is 43.7. The Kier molecular flexibility index (Phi) is 6.78. The number of aromatic nitrogens is 1. The van der Waals surface area contributed by atoms with Crippen LogP contribution in [0, 0.1) is 0 Å². The van der Waals surface area contributed by atoms with Crippen molar-refractivity contribution in [1.29, 1.82) is 0 Å². The van der Waals surface area contributed by atoms with Crippen LogP contribution in [0.1, 0.15) is 29.7 Å². The van der Waals surface area contributed by atoms with E-state index in [2.05, 4.69) is 22.0 Å². The van der Waals surface area contributed by atoms with E-state index in [1.165, 1.54) is 34.6 Å². The fraction of sp³-hybridized carbons (Fsp3) is 0.391. The molecule has 2 aliphatic rings. The van der Waals surface area contributed by atoms with Gasteiger partial charge in [0.15, 0.2) is 0 Å². The summed E-state index contributed by atoms with van der Waals surface area (Å²) in [6, 6.07) is 5.09. The maximum absolute atomic E-state index is 12.8. The summed E-state index contributed by atoms with van der Waals surface area (Å²) in [4.78, 5) is 18.5. The summed E-state index contributed by atoms with van der Waals surface area (Å²) in [5, 5.41) is 9.51. The topological polar surface area (TPSA) is 62.7 Å². The highest BCUT2D eigenvalue weighted by atomic mass is 32.1. The molecular formula is C23H23F3N2O3S. The minimum Gasteiger partial charge on any atom is -0.480 e. The molecule has 1 atom stereocenters. The zero-order valence-electron chi connectivity index (χ0n) is 17.3. The Morgan fingerprint density at radius 1 is 1.19 bits per heavy atom. The SMILES string of the molecule is O=C(O)COC1C=C2CCN(Cc3cnc(-c4ccc(C(F)(F)F)cc4)s3)CCC2=CC1. The number of carboxylic acid groups (broad SMARTS) is 1. The molecule has 32 heavy (non-hydrogen) atoms. The van der Waals surface area contributed by atoms with Crippen molar-refractivity contribution in [3.8, 4) is 10.6 Å². The van der Waals surface area contributed by atoms with Crippen LogP contribution in [0.25, 0.3) is 10.6 Å². The number of rotatable bonds is 6. The third-order valence-corrected chi connectivity index (χ3v) is 6.64. The molecule has 0 bridgehead atoms. The zero-order valence-corrected chi connectivity index (χ0v) is 18.1. The molecule has 0 radical (unpaired) electrons. The van der Waals surface area contributed by atoms with E-state index in [-0.39, 0.29) is 12.7 Å². The first-order chi connectivity index (χ1) is 15.3. The van der Waals surface area contributed by atoms with Crippen molar-refractivity contribution in [2.45, 2.75) is 38.1 Å². The summed E-state index contributed by atoms with van der Waals surface area (Å²) in [5.41, 5.74) is 2.54. The highest BCUT2D eigenvalue weighted by molar-refractivity contribution is 7.15. The van der Waals surface area contributed by atoms with Crippen molar-refractivity contribution in [3.63, 3.8) is 0 Å². The van der Waals surface area contributed by atoms with Crippen LogP contribution in [0.3, 0.4) is 0 Å². The second-order valence-electron chi connectivity index (χ2n) is 7.88. The van der Waals surface area contributed by atoms with Crippen molar-refractivity contribution < 1.29 is 27.8 Å². The number of ether oxygens (including phenoxy) is 1. The first-order valence-electron chi connectivity index (χ1n) is 10.4. The van der Waals surface area contributed by atoms with Gasteiger partial charge in [0.25, 0.3) is 0 Å². The van der Waals surface area contributed by atoms with Gasteiger partial charge in [0.05, 0.1) is 11.7 Å². The number of alkyl halides is 3. The van der Waals surface area contributed by atoms with Crippen molar-refractivity contribution >= 4 is 17.3 Å².